The summed E-state index contributed by atoms with van der Waals surface area (Å²) in [7, 11) is 0. The topological polar surface area (TPSA) is 42.1 Å². The molecule has 0 bridgehead atoms. The Labute approximate surface area is 100 Å². The summed E-state index contributed by atoms with van der Waals surface area (Å²) < 4.78 is 5.53. The monoisotopic (exact) mass is 229 g/mol. The van der Waals surface area contributed by atoms with Gasteiger partial charge < -0.3 is 9.72 Å². The Morgan fingerprint density at radius 3 is 2.65 bits per heavy atom. The molecule has 0 saturated heterocycles. The van der Waals surface area contributed by atoms with Crippen molar-refractivity contribution in [2.45, 2.75) is 13.3 Å². The van der Waals surface area contributed by atoms with Crippen LogP contribution in [0, 0.1) is 6.92 Å². The van der Waals surface area contributed by atoms with E-state index in [0.717, 1.165) is 12.1 Å². The molecule has 1 aromatic heterocycles. The third-order valence-corrected chi connectivity index (χ3v) is 2.58. The van der Waals surface area contributed by atoms with Crippen molar-refractivity contribution >= 4 is 0 Å². The minimum atomic E-state index is -0.0747. The van der Waals surface area contributed by atoms with Crippen LogP contribution in [0.4, 0.5) is 0 Å². The molecular weight excluding hydrogens is 214 g/mol. The van der Waals surface area contributed by atoms with Crippen molar-refractivity contribution in [1.29, 1.82) is 0 Å². The molecule has 0 saturated carbocycles. The van der Waals surface area contributed by atoms with Gasteiger partial charge in [0.2, 0.25) is 5.43 Å². The van der Waals surface area contributed by atoms with Crippen LogP contribution in [0.5, 0.6) is 5.75 Å². The highest BCUT2D eigenvalue weighted by molar-refractivity contribution is 5.25. The van der Waals surface area contributed by atoms with E-state index in [2.05, 4.69) is 4.98 Å². The number of pyridine rings is 1. The lowest BCUT2D eigenvalue weighted by Gasteiger charge is -2.07. The average Bonchev–Trinajstić information content (AvgIpc) is 2.34. The molecule has 17 heavy (non-hydrogen) atoms. The molecule has 0 aliphatic rings. The van der Waals surface area contributed by atoms with E-state index in [1.807, 2.05) is 37.3 Å². The number of rotatable bonds is 4. The molecule has 88 valence electrons. The summed E-state index contributed by atoms with van der Waals surface area (Å²) in [6.45, 7) is 2.34. The van der Waals surface area contributed by atoms with Crippen molar-refractivity contribution in [2.24, 2.45) is 0 Å². The second kappa shape index (κ2) is 5.34. The summed E-state index contributed by atoms with van der Waals surface area (Å²) in [6.07, 6.45) is 2.43. The van der Waals surface area contributed by atoms with Gasteiger partial charge in [-0.2, -0.15) is 0 Å². The zero-order chi connectivity index (χ0) is 12.1. The van der Waals surface area contributed by atoms with Gasteiger partial charge in [0.05, 0.1) is 12.3 Å². The van der Waals surface area contributed by atoms with Crippen LogP contribution in [0.25, 0.3) is 0 Å². The molecular formula is C14H15NO2. The Kier molecular flexibility index (Phi) is 3.60. The van der Waals surface area contributed by atoms with Crippen molar-refractivity contribution in [3.05, 3.63) is 64.1 Å². The van der Waals surface area contributed by atoms with E-state index in [9.17, 15) is 4.79 Å². The molecule has 0 radical (unpaired) electrons. The fraction of sp³-hybridized carbons (Fsp3) is 0.214. The maximum absolute atomic E-state index is 11.5. The molecule has 0 aliphatic carbocycles. The number of nitrogens with one attached hydrogen (secondary N) is 1. The third-order valence-electron chi connectivity index (χ3n) is 2.58. The Bertz CT molecular complexity index is 531. The van der Waals surface area contributed by atoms with Crippen molar-refractivity contribution in [2.75, 3.05) is 6.61 Å². The number of benzene rings is 1. The molecule has 0 aliphatic heterocycles. The van der Waals surface area contributed by atoms with Crippen LogP contribution in [0.1, 0.15) is 11.3 Å². The van der Waals surface area contributed by atoms with Crippen molar-refractivity contribution in [3.63, 3.8) is 0 Å². The lowest BCUT2D eigenvalue weighted by Crippen LogP contribution is -2.11. The molecule has 1 aromatic carbocycles. The summed E-state index contributed by atoms with van der Waals surface area (Å²) in [5, 5.41) is 0. The van der Waals surface area contributed by atoms with E-state index < -0.39 is 0 Å². The number of ether oxygens (including phenoxy) is 1. The smallest absolute Gasteiger partial charge is 0.223 e. The lowest BCUT2D eigenvalue weighted by molar-refractivity contribution is 0.315. The van der Waals surface area contributed by atoms with E-state index in [1.165, 1.54) is 11.6 Å². The summed E-state index contributed by atoms with van der Waals surface area (Å²) >= 11 is 0. The summed E-state index contributed by atoms with van der Waals surface area (Å²) in [5.41, 5.74) is 1.90. The first-order chi connectivity index (χ1) is 8.27. The molecule has 0 amide bonds. The zero-order valence-corrected chi connectivity index (χ0v) is 9.77. The van der Waals surface area contributed by atoms with Gasteiger partial charge in [-0.3, -0.25) is 4.79 Å². The summed E-state index contributed by atoms with van der Waals surface area (Å²) in [4.78, 5) is 14.5. The SMILES string of the molecule is Cc1[nH]ccc(=O)c1OCCc1ccccc1. The predicted molar refractivity (Wildman–Crippen MR) is 67.4 cm³/mol. The van der Waals surface area contributed by atoms with Gasteiger partial charge in [0.1, 0.15) is 0 Å². The molecule has 3 nitrogen and oxygen atoms in total. The number of aromatic nitrogens is 1. The zero-order valence-electron chi connectivity index (χ0n) is 9.77. The normalized spacial score (nSPS) is 10.2. The standard InChI is InChI=1S/C14H15NO2/c1-11-14(13(16)7-9-15-11)17-10-8-12-5-3-2-4-6-12/h2-7,9H,8,10H2,1H3,(H,15,16). The van der Waals surface area contributed by atoms with Gasteiger partial charge >= 0.3 is 0 Å². The van der Waals surface area contributed by atoms with Crippen molar-refractivity contribution in [3.8, 4) is 5.75 Å². The van der Waals surface area contributed by atoms with Gasteiger partial charge in [0.15, 0.2) is 5.75 Å². The highest BCUT2D eigenvalue weighted by atomic mass is 16.5. The van der Waals surface area contributed by atoms with E-state index >= 15 is 0 Å². The number of H-pyrrole nitrogens is 1. The van der Waals surface area contributed by atoms with Gasteiger partial charge in [-0.15, -0.1) is 0 Å². The molecule has 0 atom stereocenters. The molecule has 0 spiro atoms. The second-order valence-electron chi connectivity index (χ2n) is 3.88. The van der Waals surface area contributed by atoms with E-state index in [4.69, 9.17) is 4.74 Å². The average molecular weight is 229 g/mol. The van der Waals surface area contributed by atoms with Crippen LogP contribution in [0.2, 0.25) is 0 Å². The molecule has 2 aromatic rings. The summed E-state index contributed by atoms with van der Waals surface area (Å²) in [6, 6.07) is 11.5. The largest absolute Gasteiger partial charge is 0.487 e. The maximum Gasteiger partial charge on any atom is 0.223 e. The van der Waals surface area contributed by atoms with Gasteiger partial charge in [0, 0.05) is 18.7 Å². The minimum absolute atomic E-state index is 0.0747. The van der Waals surface area contributed by atoms with Gasteiger partial charge in [-0.25, -0.2) is 0 Å². The van der Waals surface area contributed by atoms with Gasteiger partial charge in [-0.1, -0.05) is 30.3 Å². The Hall–Kier alpha value is -2.03. The second-order valence-corrected chi connectivity index (χ2v) is 3.88. The quantitative estimate of drug-likeness (QED) is 0.874. The first-order valence-electron chi connectivity index (χ1n) is 5.62. The Morgan fingerprint density at radius 2 is 1.94 bits per heavy atom. The molecule has 1 N–H and O–H groups in total. The minimum Gasteiger partial charge on any atom is -0.487 e. The third kappa shape index (κ3) is 2.97. The van der Waals surface area contributed by atoms with Crippen molar-refractivity contribution < 1.29 is 4.74 Å². The number of hydrogen-bond acceptors (Lipinski definition) is 2. The Morgan fingerprint density at radius 1 is 1.18 bits per heavy atom. The van der Waals surface area contributed by atoms with Crippen LogP contribution in [-0.2, 0) is 6.42 Å². The van der Waals surface area contributed by atoms with Gasteiger partial charge in [-0.05, 0) is 12.5 Å². The summed E-state index contributed by atoms with van der Waals surface area (Å²) in [5.74, 6) is 0.420. The van der Waals surface area contributed by atoms with Crippen LogP contribution < -0.4 is 10.2 Å². The molecule has 2 rings (SSSR count). The highest BCUT2D eigenvalue weighted by Crippen LogP contribution is 2.08. The van der Waals surface area contributed by atoms with E-state index in [-0.39, 0.29) is 5.43 Å². The molecule has 1 heterocycles. The first-order valence-corrected chi connectivity index (χ1v) is 5.62. The number of aryl methyl sites for hydroxylation is 1. The van der Waals surface area contributed by atoms with E-state index in [1.54, 1.807) is 6.20 Å². The first kappa shape index (κ1) is 11.5. The van der Waals surface area contributed by atoms with Gasteiger partial charge in [0.25, 0.3) is 0 Å². The molecule has 0 fully saturated rings. The fourth-order valence-corrected chi connectivity index (χ4v) is 1.66. The van der Waals surface area contributed by atoms with Crippen LogP contribution in [0.3, 0.4) is 0 Å². The van der Waals surface area contributed by atoms with Crippen LogP contribution in [0.15, 0.2) is 47.4 Å². The fourth-order valence-electron chi connectivity index (χ4n) is 1.66. The van der Waals surface area contributed by atoms with E-state index in [0.29, 0.717) is 12.4 Å². The number of aromatic amines is 1. The predicted octanol–water partition coefficient (Wildman–Crippen LogP) is 2.30. The molecule has 3 heteroatoms. The lowest BCUT2D eigenvalue weighted by atomic mass is 10.2. The van der Waals surface area contributed by atoms with Crippen LogP contribution in [-0.4, -0.2) is 11.6 Å². The Balaban J connectivity index is 1.97. The number of hydrogen-bond donors (Lipinski definition) is 1. The molecule has 0 unspecified atom stereocenters. The van der Waals surface area contributed by atoms with Crippen molar-refractivity contribution in [1.82, 2.24) is 4.98 Å². The maximum atomic E-state index is 11.5. The van der Waals surface area contributed by atoms with Crippen LogP contribution >= 0.6 is 0 Å². The highest BCUT2D eigenvalue weighted by Gasteiger charge is 2.03.